The third kappa shape index (κ3) is 22.9. The number of quaternary nitrogens is 1. The van der Waals surface area contributed by atoms with Crippen LogP contribution in [0.15, 0.2) is 24.3 Å². The molecule has 0 aromatic carbocycles. The number of piperidine rings is 1. The Labute approximate surface area is 162 Å². The molecule has 26 heavy (non-hydrogen) atoms. The van der Waals surface area contributed by atoms with Crippen molar-refractivity contribution in [2.24, 2.45) is 0 Å². The molecule has 1 aliphatic heterocycles. The van der Waals surface area contributed by atoms with Crippen molar-refractivity contribution in [1.29, 1.82) is 0 Å². The van der Waals surface area contributed by atoms with E-state index in [1.54, 1.807) is 0 Å². The summed E-state index contributed by atoms with van der Waals surface area (Å²) in [6.07, 6.45) is 26.3. The first-order chi connectivity index (χ1) is 12.8. The van der Waals surface area contributed by atoms with Crippen LogP contribution in [0.5, 0.6) is 0 Å². The quantitative estimate of drug-likeness (QED) is 0.369. The van der Waals surface area contributed by atoms with Crippen molar-refractivity contribution in [2.45, 2.75) is 103 Å². The molecule has 1 heterocycles. The third-order valence-electron chi connectivity index (χ3n) is 4.65. The number of hydrogen-bond donors (Lipinski definition) is 1. The molecule has 0 radical (unpaired) electrons. The predicted molar refractivity (Wildman–Crippen MR) is 110 cm³/mol. The van der Waals surface area contributed by atoms with Crippen LogP contribution in [0.1, 0.15) is 103 Å². The predicted octanol–water partition coefficient (Wildman–Crippen LogP) is 4.28. The average molecular weight is 366 g/mol. The molecule has 0 bridgehead atoms. The van der Waals surface area contributed by atoms with Crippen molar-refractivity contribution < 1.29 is 15.2 Å². The molecule has 1 aliphatic rings. The molecule has 1 saturated heterocycles. The second-order valence-electron chi connectivity index (χ2n) is 7.28. The number of hydrogen-bond acceptors (Lipinski definition) is 2. The fourth-order valence-corrected chi connectivity index (χ4v) is 2.98. The maximum atomic E-state index is 10.2. The lowest BCUT2D eigenvalue weighted by Gasteiger charge is -2.05. The van der Waals surface area contributed by atoms with Crippen LogP contribution in [0.2, 0.25) is 0 Å². The highest BCUT2D eigenvalue weighted by Gasteiger charge is 1.97. The molecular formula is C23H43NO2. The second-order valence-corrected chi connectivity index (χ2v) is 7.28. The lowest BCUT2D eigenvalue weighted by atomic mass is 10.1. The van der Waals surface area contributed by atoms with E-state index in [1.807, 2.05) is 0 Å². The monoisotopic (exact) mass is 365 g/mol. The standard InChI is InChI=1S/C18H32O2.C5H11N/c1-2-3-4-5-6-7-8-9-10-11-12-13-14-15-16-17-18(19)20;1-2-4-6-5-3-1/h6-7,9-10H,2-5,8,11-17H2,1H3,(H,19,20);6H,1-5H2/b7-6-,10-9-;. The van der Waals surface area contributed by atoms with Gasteiger partial charge < -0.3 is 15.2 Å². The van der Waals surface area contributed by atoms with Crippen LogP contribution in [-0.4, -0.2) is 19.1 Å². The molecule has 0 atom stereocenters. The zero-order valence-corrected chi connectivity index (χ0v) is 17.2. The van der Waals surface area contributed by atoms with E-state index in [0.717, 1.165) is 32.1 Å². The normalized spacial score (nSPS) is 14.5. The molecule has 3 heteroatoms. The summed E-state index contributed by atoms with van der Waals surface area (Å²) in [5, 5.41) is 12.6. The maximum Gasteiger partial charge on any atom is 0.0755 e. The van der Waals surface area contributed by atoms with Crippen molar-refractivity contribution in [3.63, 3.8) is 0 Å². The lowest BCUT2D eigenvalue weighted by molar-refractivity contribution is -0.662. The van der Waals surface area contributed by atoms with Gasteiger partial charge in [0.1, 0.15) is 0 Å². The molecule has 0 amide bonds. The average Bonchev–Trinajstić information content (AvgIpc) is 2.66. The molecule has 0 saturated carbocycles. The van der Waals surface area contributed by atoms with Crippen LogP contribution >= 0.6 is 0 Å². The van der Waals surface area contributed by atoms with Crippen LogP contribution in [-0.2, 0) is 4.79 Å². The van der Waals surface area contributed by atoms with E-state index in [0.29, 0.717) is 0 Å². The van der Waals surface area contributed by atoms with Crippen LogP contribution in [0.4, 0.5) is 0 Å². The Morgan fingerprint density at radius 3 is 1.88 bits per heavy atom. The highest BCUT2D eigenvalue weighted by Crippen LogP contribution is 2.07. The molecule has 2 N–H and O–H groups in total. The molecule has 0 unspecified atom stereocenters. The molecule has 1 rings (SSSR count). The second kappa shape index (κ2) is 22.0. The first kappa shape index (κ1) is 24.9. The number of carbonyl (C=O) groups is 1. The Morgan fingerprint density at radius 2 is 1.38 bits per heavy atom. The number of rotatable bonds is 14. The number of aliphatic carboxylic acids is 1. The highest BCUT2D eigenvalue weighted by molar-refractivity contribution is 5.63. The van der Waals surface area contributed by atoms with Crippen LogP contribution in [0.3, 0.4) is 0 Å². The van der Waals surface area contributed by atoms with Gasteiger partial charge in [-0.15, -0.1) is 0 Å². The van der Waals surface area contributed by atoms with Gasteiger partial charge in [0.05, 0.1) is 13.1 Å². The fourth-order valence-electron chi connectivity index (χ4n) is 2.98. The lowest BCUT2D eigenvalue weighted by Crippen LogP contribution is -2.85. The summed E-state index contributed by atoms with van der Waals surface area (Å²) in [4.78, 5) is 10.2. The van der Waals surface area contributed by atoms with Gasteiger partial charge in [-0.3, -0.25) is 0 Å². The van der Waals surface area contributed by atoms with E-state index in [4.69, 9.17) is 0 Å². The van der Waals surface area contributed by atoms with E-state index in [9.17, 15) is 9.90 Å². The Bertz CT molecular complexity index is 335. The molecule has 0 aromatic heterocycles. The number of allylic oxidation sites excluding steroid dienone is 4. The Hall–Kier alpha value is -1.09. The van der Waals surface area contributed by atoms with Crippen LogP contribution in [0.25, 0.3) is 0 Å². The number of nitrogens with two attached hydrogens (primary N) is 1. The Morgan fingerprint density at radius 1 is 0.808 bits per heavy atom. The molecule has 1 fully saturated rings. The van der Waals surface area contributed by atoms with E-state index in [1.165, 1.54) is 70.9 Å². The first-order valence-electron chi connectivity index (χ1n) is 11.1. The molecule has 0 aromatic rings. The highest BCUT2D eigenvalue weighted by atomic mass is 16.4. The third-order valence-corrected chi connectivity index (χ3v) is 4.65. The molecular weight excluding hydrogens is 322 g/mol. The van der Waals surface area contributed by atoms with Crippen molar-refractivity contribution in [2.75, 3.05) is 13.1 Å². The van der Waals surface area contributed by atoms with Crippen molar-refractivity contribution in [3.8, 4) is 0 Å². The summed E-state index contributed by atoms with van der Waals surface area (Å²) in [6, 6.07) is 0. The largest absolute Gasteiger partial charge is 0.550 e. The van der Waals surface area contributed by atoms with Crippen molar-refractivity contribution >= 4 is 5.97 Å². The number of unbranched alkanes of at least 4 members (excludes halogenated alkanes) is 8. The molecule has 0 aliphatic carbocycles. The van der Waals surface area contributed by atoms with Gasteiger partial charge in [-0.05, 0) is 64.2 Å². The summed E-state index contributed by atoms with van der Waals surface area (Å²) in [6.45, 7) is 4.98. The van der Waals surface area contributed by atoms with E-state index < -0.39 is 5.97 Å². The fraction of sp³-hybridized carbons (Fsp3) is 0.783. The SMILES string of the molecule is C1CC[NH2+]CC1.CCCCC/C=C\C/C=C\CCCCCCCC(=O)[O-]. The summed E-state index contributed by atoms with van der Waals surface area (Å²) in [7, 11) is 0. The Balaban J connectivity index is 0.000000867. The van der Waals surface area contributed by atoms with Crippen LogP contribution in [0, 0.1) is 0 Å². The summed E-state index contributed by atoms with van der Waals surface area (Å²) < 4.78 is 0. The van der Waals surface area contributed by atoms with E-state index >= 15 is 0 Å². The minimum absolute atomic E-state index is 0.213. The topological polar surface area (TPSA) is 56.7 Å². The van der Waals surface area contributed by atoms with E-state index in [-0.39, 0.29) is 6.42 Å². The van der Waals surface area contributed by atoms with Gasteiger partial charge in [0.25, 0.3) is 0 Å². The summed E-state index contributed by atoms with van der Waals surface area (Å²) >= 11 is 0. The molecule has 152 valence electrons. The number of carboxylic acid groups (broad SMARTS) is 1. The minimum Gasteiger partial charge on any atom is -0.550 e. The summed E-state index contributed by atoms with van der Waals surface area (Å²) in [5.74, 6) is -0.921. The Kier molecular flexibility index (Phi) is 21.0. The van der Waals surface area contributed by atoms with E-state index in [2.05, 4.69) is 36.5 Å². The van der Waals surface area contributed by atoms with Gasteiger partial charge in [0.15, 0.2) is 0 Å². The van der Waals surface area contributed by atoms with Gasteiger partial charge in [-0.1, -0.05) is 63.3 Å². The zero-order valence-electron chi connectivity index (χ0n) is 17.2. The van der Waals surface area contributed by atoms with Crippen LogP contribution < -0.4 is 10.4 Å². The smallest absolute Gasteiger partial charge is 0.0755 e. The van der Waals surface area contributed by atoms with Crippen molar-refractivity contribution in [1.82, 2.24) is 0 Å². The molecule has 0 spiro atoms. The maximum absolute atomic E-state index is 10.2. The number of carboxylic acids is 1. The zero-order chi connectivity index (χ0) is 19.1. The van der Waals surface area contributed by atoms with Gasteiger partial charge in [-0.2, -0.15) is 0 Å². The van der Waals surface area contributed by atoms with Gasteiger partial charge in [0, 0.05) is 5.97 Å². The molecule has 3 nitrogen and oxygen atoms in total. The van der Waals surface area contributed by atoms with Gasteiger partial charge in [0.2, 0.25) is 0 Å². The van der Waals surface area contributed by atoms with Crippen molar-refractivity contribution in [3.05, 3.63) is 24.3 Å². The van der Waals surface area contributed by atoms with Gasteiger partial charge in [-0.25, -0.2) is 0 Å². The first-order valence-corrected chi connectivity index (χ1v) is 11.1. The number of carbonyl (C=O) groups excluding carboxylic acids is 1. The van der Waals surface area contributed by atoms with Gasteiger partial charge >= 0.3 is 0 Å². The minimum atomic E-state index is -0.921. The summed E-state index contributed by atoms with van der Waals surface area (Å²) in [5.41, 5.74) is 0.